The Labute approximate surface area is 98.9 Å². The first-order chi connectivity index (χ1) is 8.31. The molecule has 2 heterocycles. The van der Waals surface area contributed by atoms with Gasteiger partial charge in [-0.05, 0) is 19.4 Å². The number of rotatable bonds is 5. The summed E-state index contributed by atoms with van der Waals surface area (Å²) in [6.07, 6.45) is 2.05. The fourth-order valence-corrected chi connectivity index (χ4v) is 1.71. The van der Waals surface area contributed by atoms with Crippen molar-refractivity contribution in [2.24, 2.45) is 0 Å². The molecule has 0 bridgehead atoms. The number of aromatic nitrogens is 2. The van der Waals surface area contributed by atoms with Crippen LogP contribution in [0.25, 0.3) is 0 Å². The van der Waals surface area contributed by atoms with Gasteiger partial charge in [-0.15, -0.1) is 0 Å². The summed E-state index contributed by atoms with van der Waals surface area (Å²) in [5, 5.41) is 9.52. The number of carbonyl (C=O) groups excluding carboxylic acids is 1. The fraction of sp³-hybridized carbons (Fsp3) is 0.700. The molecule has 1 aromatic heterocycles. The van der Waals surface area contributed by atoms with Gasteiger partial charge >= 0.3 is 0 Å². The molecule has 2 rings (SSSR count). The highest BCUT2D eigenvalue weighted by Gasteiger charge is 2.24. The number of hydrogen-bond acceptors (Lipinski definition) is 6. The number of nitrogens with zero attached hydrogens (tertiary/aromatic N) is 2. The zero-order chi connectivity index (χ0) is 12.1. The standard InChI is InChI=1S/C10H16N4O3/c1-16-6-5-12-9(15)8-13-10(17-14-8)7-3-2-4-11-7/h7,11H,2-6H2,1H3,(H,12,15). The van der Waals surface area contributed by atoms with Crippen LogP contribution < -0.4 is 10.6 Å². The molecule has 94 valence electrons. The van der Waals surface area contributed by atoms with Crippen LogP contribution in [0.4, 0.5) is 0 Å². The molecule has 0 aromatic carbocycles. The Kier molecular flexibility index (Phi) is 4.05. The summed E-state index contributed by atoms with van der Waals surface area (Å²) in [6, 6.07) is 0.0861. The Balaban J connectivity index is 1.90. The third kappa shape index (κ3) is 3.01. The van der Waals surface area contributed by atoms with E-state index in [2.05, 4.69) is 20.8 Å². The summed E-state index contributed by atoms with van der Waals surface area (Å²) in [5.41, 5.74) is 0. The number of ether oxygens (including phenoxy) is 1. The molecular formula is C10H16N4O3. The minimum atomic E-state index is -0.338. The lowest BCUT2D eigenvalue weighted by Gasteiger charge is -2.01. The van der Waals surface area contributed by atoms with Crippen LogP contribution in [0, 0.1) is 0 Å². The fourth-order valence-electron chi connectivity index (χ4n) is 1.71. The van der Waals surface area contributed by atoms with Gasteiger partial charge in [-0.3, -0.25) is 4.79 Å². The average molecular weight is 240 g/mol. The molecule has 1 unspecified atom stereocenters. The van der Waals surface area contributed by atoms with Crippen molar-refractivity contribution in [2.45, 2.75) is 18.9 Å². The molecule has 2 N–H and O–H groups in total. The van der Waals surface area contributed by atoms with E-state index >= 15 is 0 Å². The Bertz CT molecular complexity index is 373. The molecule has 7 heteroatoms. The maximum Gasteiger partial charge on any atom is 0.292 e. The van der Waals surface area contributed by atoms with Gasteiger partial charge in [-0.25, -0.2) is 0 Å². The first kappa shape index (κ1) is 12.0. The maximum absolute atomic E-state index is 11.6. The zero-order valence-electron chi connectivity index (χ0n) is 9.73. The van der Waals surface area contributed by atoms with Gasteiger partial charge < -0.3 is 19.9 Å². The van der Waals surface area contributed by atoms with Crippen LogP contribution in [0.3, 0.4) is 0 Å². The summed E-state index contributed by atoms with van der Waals surface area (Å²) < 4.78 is 9.89. The van der Waals surface area contributed by atoms with E-state index in [0.29, 0.717) is 19.0 Å². The molecule has 1 fully saturated rings. The molecule has 0 aliphatic carbocycles. The summed E-state index contributed by atoms with van der Waals surface area (Å²) in [6.45, 7) is 1.84. The molecule has 0 radical (unpaired) electrons. The lowest BCUT2D eigenvalue weighted by Crippen LogP contribution is -2.28. The van der Waals surface area contributed by atoms with Gasteiger partial charge in [-0.2, -0.15) is 4.98 Å². The van der Waals surface area contributed by atoms with Crippen LogP contribution in [0.2, 0.25) is 0 Å². The number of methoxy groups -OCH3 is 1. The van der Waals surface area contributed by atoms with Gasteiger partial charge in [0.1, 0.15) is 0 Å². The lowest BCUT2D eigenvalue weighted by molar-refractivity contribution is 0.0924. The van der Waals surface area contributed by atoms with E-state index in [1.807, 2.05) is 0 Å². The van der Waals surface area contributed by atoms with Gasteiger partial charge in [0.05, 0.1) is 12.6 Å². The van der Waals surface area contributed by atoms with E-state index in [9.17, 15) is 4.79 Å². The smallest absolute Gasteiger partial charge is 0.292 e. The highest BCUT2D eigenvalue weighted by Crippen LogP contribution is 2.20. The van der Waals surface area contributed by atoms with Crippen molar-refractivity contribution in [3.8, 4) is 0 Å². The van der Waals surface area contributed by atoms with Crippen molar-refractivity contribution >= 4 is 5.91 Å². The molecule has 1 aliphatic heterocycles. The Morgan fingerprint density at radius 3 is 3.29 bits per heavy atom. The van der Waals surface area contributed by atoms with Crippen molar-refractivity contribution in [3.05, 3.63) is 11.7 Å². The number of carbonyl (C=O) groups is 1. The van der Waals surface area contributed by atoms with Crippen LogP contribution in [0.15, 0.2) is 4.52 Å². The van der Waals surface area contributed by atoms with E-state index < -0.39 is 0 Å². The second-order valence-electron chi connectivity index (χ2n) is 3.85. The summed E-state index contributed by atoms with van der Waals surface area (Å²) in [4.78, 5) is 15.7. The molecule has 7 nitrogen and oxygen atoms in total. The summed E-state index contributed by atoms with van der Waals surface area (Å²) in [7, 11) is 1.57. The van der Waals surface area contributed by atoms with Crippen LogP contribution in [-0.2, 0) is 4.74 Å². The quantitative estimate of drug-likeness (QED) is 0.697. The molecular weight excluding hydrogens is 224 g/mol. The normalized spacial score (nSPS) is 19.5. The van der Waals surface area contributed by atoms with Crippen molar-refractivity contribution in [1.29, 1.82) is 0 Å². The maximum atomic E-state index is 11.6. The van der Waals surface area contributed by atoms with Gasteiger partial charge in [-0.1, -0.05) is 5.16 Å². The van der Waals surface area contributed by atoms with Gasteiger partial charge in [0.25, 0.3) is 11.7 Å². The number of hydrogen-bond donors (Lipinski definition) is 2. The third-order valence-electron chi connectivity index (χ3n) is 2.59. The summed E-state index contributed by atoms with van der Waals surface area (Å²) in [5.74, 6) is 0.222. The van der Waals surface area contributed by atoms with E-state index in [1.54, 1.807) is 7.11 Å². The highest BCUT2D eigenvalue weighted by atomic mass is 16.5. The molecule has 1 saturated heterocycles. The largest absolute Gasteiger partial charge is 0.383 e. The van der Waals surface area contributed by atoms with E-state index in [0.717, 1.165) is 19.4 Å². The zero-order valence-corrected chi connectivity index (χ0v) is 9.73. The topological polar surface area (TPSA) is 89.3 Å². The lowest BCUT2D eigenvalue weighted by atomic mass is 10.2. The van der Waals surface area contributed by atoms with Crippen LogP contribution in [-0.4, -0.2) is 42.9 Å². The molecule has 0 spiro atoms. The number of nitrogens with one attached hydrogen (secondary N) is 2. The van der Waals surface area contributed by atoms with Crippen molar-refractivity contribution in [1.82, 2.24) is 20.8 Å². The minimum Gasteiger partial charge on any atom is -0.383 e. The van der Waals surface area contributed by atoms with Crippen molar-refractivity contribution in [2.75, 3.05) is 26.8 Å². The summed E-state index contributed by atoms with van der Waals surface area (Å²) >= 11 is 0. The second kappa shape index (κ2) is 5.74. The van der Waals surface area contributed by atoms with E-state index in [-0.39, 0.29) is 17.8 Å². The minimum absolute atomic E-state index is 0.0739. The van der Waals surface area contributed by atoms with Gasteiger partial charge in [0.15, 0.2) is 0 Å². The van der Waals surface area contributed by atoms with Gasteiger partial charge in [0.2, 0.25) is 5.89 Å². The third-order valence-corrected chi connectivity index (χ3v) is 2.59. The first-order valence-corrected chi connectivity index (χ1v) is 5.65. The van der Waals surface area contributed by atoms with Crippen molar-refractivity contribution < 1.29 is 14.1 Å². The molecule has 1 aliphatic rings. The molecule has 1 atom stereocenters. The highest BCUT2D eigenvalue weighted by molar-refractivity contribution is 5.90. The Morgan fingerprint density at radius 1 is 1.71 bits per heavy atom. The molecule has 0 saturated carbocycles. The van der Waals surface area contributed by atoms with Crippen molar-refractivity contribution in [3.63, 3.8) is 0 Å². The average Bonchev–Trinajstić information content (AvgIpc) is 3.00. The molecule has 1 aromatic rings. The first-order valence-electron chi connectivity index (χ1n) is 5.65. The molecule has 1 amide bonds. The van der Waals surface area contributed by atoms with Crippen LogP contribution in [0.5, 0.6) is 0 Å². The van der Waals surface area contributed by atoms with E-state index in [4.69, 9.17) is 9.26 Å². The van der Waals surface area contributed by atoms with Gasteiger partial charge in [0, 0.05) is 13.7 Å². The predicted molar refractivity (Wildman–Crippen MR) is 58.5 cm³/mol. The van der Waals surface area contributed by atoms with Crippen LogP contribution >= 0.6 is 0 Å². The second-order valence-corrected chi connectivity index (χ2v) is 3.85. The Hall–Kier alpha value is -1.47. The molecule has 17 heavy (non-hydrogen) atoms. The Morgan fingerprint density at radius 2 is 2.59 bits per heavy atom. The number of amides is 1. The predicted octanol–water partition coefficient (Wildman–Crippen LogP) is -0.130. The SMILES string of the molecule is COCCNC(=O)c1noc(C2CCCN2)n1. The van der Waals surface area contributed by atoms with Crippen LogP contribution in [0.1, 0.15) is 35.4 Å². The monoisotopic (exact) mass is 240 g/mol. The van der Waals surface area contributed by atoms with E-state index in [1.165, 1.54) is 0 Å².